The minimum absolute atomic E-state index is 0.354. The van der Waals surface area contributed by atoms with E-state index in [0.717, 1.165) is 25.5 Å². The quantitative estimate of drug-likeness (QED) is 0.719. The number of allylic oxidation sites excluding steroid dienone is 3. The molecule has 1 atom stereocenters. The lowest BCUT2D eigenvalue weighted by Gasteiger charge is -2.08. The van der Waals surface area contributed by atoms with Crippen LogP contribution in [0, 0.1) is 0 Å². The molecule has 0 aromatic heterocycles. The van der Waals surface area contributed by atoms with E-state index in [0.29, 0.717) is 12.5 Å². The van der Waals surface area contributed by atoms with Crippen LogP contribution in [0.15, 0.2) is 23.8 Å². The Hall–Kier alpha value is -0.770. The highest BCUT2D eigenvalue weighted by Gasteiger charge is 2.30. The van der Waals surface area contributed by atoms with Gasteiger partial charge in [-0.15, -0.1) is 0 Å². The monoisotopic (exact) mass is 219 g/mol. The molecule has 1 aliphatic rings. The molecule has 1 nitrogen and oxygen atoms in total. The van der Waals surface area contributed by atoms with Gasteiger partial charge in [-0.1, -0.05) is 18.2 Å². The number of hydrogen-bond acceptors (Lipinski definition) is 1. The van der Waals surface area contributed by atoms with Gasteiger partial charge < -0.3 is 5.32 Å². The average Bonchev–Trinajstić information content (AvgIpc) is 2.62. The Morgan fingerprint density at radius 1 is 1.47 bits per heavy atom. The van der Waals surface area contributed by atoms with Crippen LogP contribution in [0.5, 0.6) is 0 Å². The Labute approximate surface area is 88.1 Å². The number of hydrogen-bond donors (Lipinski definition) is 1. The van der Waals surface area contributed by atoms with Crippen molar-refractivity contribution < 1.29 is 13.2 Å². The largest absolute Gasteiger partial charge is 0.416 e. The maximum Gasteiger partial charge on any atom is 0.416 e. The molecule has 1 N–H and O–H groups in total. The molecule has 0 radical (unpaired) electrons. The molecule has 86 valence electrons. The summed E-state index contributed by atoms with van der Waals surface area (Å²) in [4.78, 5) is 0. The highest BCUT2D eigenvalue weighted by Crippen LogP contribution is 2.26. The summed E-state index contributed by atoms with van der Waals surface area (Å²) < 4.78 is 36.9. The van der Waals surface area contributed by atoms with Crippen LogP contribution >= 0.6 is 0 Å². The number of nitrogens with one attached hydrogen (secondary N) is 1. The van der Waals surface area contributed by atoms with E-state index < -0.39 is 11.7 Å². The predicted molar refractivity (Wildman–Crippen MR) is 54.6 cm³/mol. The third kappa shape index (κ3) is 4.08. The van der Waals surface area contributed by atoms with Gasteiger partial charge in [0.25, 0.3) is 0 Å². The summed E-state index contributed by atoms with van der Waals surface area (Å²) in [7, 11) is 0. The summed E-state index contributed by atoms with van der Waals surface area (Å²) in [5.74, 6) is 0. The molecule has 0 aromatic rings. The Bertz CT molecular complexity index is 247. The van der Waals surface area contributed by atoms with Crippen molar-refractivity contribution in [3.8, 4) is 0 Å². The molecule has 0 bridgehead atoms. The van der Waals surface area contributed by atoms with Crippen molar-refractivity contribution in [2.45, 2.75) is 38.4 Å². The van der Waals surface area contributed by atoms with Gasteiger partial charge in [-0.05, 0) is 32.7 Å². The standard InChI is InChI=1S/C11H16F3N/c1-2-9(11(12,13)14)5-3-6-10-7-4-8-15-10/h2-3,5,10,15H,4,6-8H2,1H3/b5-3-,9-2+/t10-/m0/s1. The summed E-state index contributed by atoms with van der Waals surface area (Å²) in [6.07, 6.45) is 2.49. The fourth-order valence-electron chi connectivity index (χ4n) is 1.67. The first kappa shape index (κ1) is 12.3. The number of halogens is 3. The van der Waals surface area contributed by atoms with Crippen molar-refractivity contribution >= 4 is 0 Å². The molecule has 1 heterocycles. The van der Waals surface area contributed by atoms with Crippen LogP contribution in [0.3, 0.4) is 0 Å². The fraction of sp³-hybridized carbons (Fsp3) is 0.636. The highest BCUT2D eigenvalue weighted by molar-refractivity contribution is 5.23. The first-order valence-electron chi connectivity index (χ1n) is 5.17. The van der Waals surface area contributed by atoms with Gasteiger partial charge in [0, 0.05) is 6.04 Å². The minimum Gasteiger partial charge on any atom is -0.314 e. The van der Waals surface area contributed by atoms with Crippen LogP contribution in [0.1, 0.15) is 26.2 Å². The third-order valence-electron chi connectivity index (χ3n) is 2.52. The molecule has 1 saturated heterocycles. The van der Waals surface area contributed by atoms with Crippen LogP contribution < -0.4 is 5.32 Å². The first-order valence-corrected chi connectivity index (χ1v) is 5.17. The molecule has 1 fully saturated rings. The zero-order valence-electron chi connectivity index (χ0n) is 8.77. The average molecular weight is 219 g/mol. The van der Waals surface area contributed by atoms with Crippen LogP contribution in [-0.2, 0) is 0 Å². The lowest BCUT2D eigenvalue weighted by molar-refractivity contribution is -0.0883. The first-order chi connectivity index (χ1) is 7.04. The van der Waals surface area contributed by atoms with Crippen molar-refractivity contribution in [1.82, 2.24) is 5.32 Å². The van der Waals surface area contributed by atoms with Crippen molar-refractivity contribution in [3.05, 3.63) is 23.8 Å². The van der Waals surface area contributed by atoms with Crippen molar-refractivity contribution in [1.29, 1.82) is 0 Å². The maximum atomic E-state index is 12.3. The molecule has 15 heavy (non-hydrogen) atoms. The summed E-state index contributed by atoms with van der Waals surface area (Å²) in [6, 6.07) is 0.354. The SMILES string of the molecule is C/C=C(\C=C/C[C@H]1CCCN1)C(F)(F)F. The molecule has 0 aromatic carbocycles. The van der Waals surface area contributed by atoms with Gasteiger partial charge in [-0.25, -0.2) is 0 Å². The van der Waals surface area contributed by atoms with Gasteiger partial charge in [0.05, 0.1) is 5.57 Å². The van der Waals surface area contributed by atoms with Gasteiger partial charge >= 0.3 is 6.18 Å². The molecule has 0 spiro atoms. The van der Waals surface area contributed by atoms with Crippen molar-refractivity contribution in [2.75, 3.05) is 6.54 Å². The molecular weight excluding hydrogens is 203 g/mol. The van der Waals surface area contributed by atoms with E-state index in [1.165, 1.54) is 13.0 Å². The van der Waals surface area contributed by atoms with E-state index in [-0.39, 0.29) is 0 Å². The molecule has 1 rings (SSSR count). The van der Waals surface area contributed by atoms with Crippen LogP contribution in [0.25, 0.3) is 0 Å². The molecule has 4 heteroatoms. The van der Waals surface area contributed by atoms with Gasteiger partial charge in [-0.2, -0.15) is 13.2 Å². The second kappa shape index (κ2) is 5.35. The molecule has 1 aliphatic heterocycles. The van der Waals surface area contributed by atoms with E-state index in [9.17, 15) is 13.2 Å². The Morgan fingerprint density at radius 3 is 2.67 bits per heavy atom. The van der Waals surface area contributed by atoms with E-state index >= 15 is 0 Å². The Kier molecular flexibility index (Phi) is 4.39. The Morgan fingerprint density at radius 2 is 2.20 bits per heavy atom. The van der Waals surface area contributed by atoms with E-state index in [1.807, 2.05) is 0 Å². The second-order valence-corrected chi connectivity index (χ2v) is 3.67. The van der Waals surface area contributed by atoms with Gasteiger partial charge in [-0.3, -0.25) is 0 Å². The number of alkyl halides is 3. The minimum atomic E-state index is -4.23. The summed E-state index contributed by atoms with van der Waals surface area (Å²) in [6.45, 7) is 2.38. The summed E-state index contributed by atoms with van der Waals surface area (Å²) in [5.41, 5.74) is -0.569. The van der Waals surface area contributed by atoms with Crippen LogP contribution in [-0.4, -0.2) is 18.8 Å². The van der Waals surface area contributed by atoms with Crippen LogP contribution in [0.2, 0.25) is 0 Å². The van der Waals surface area contributed by atoms with E-state index in [4.69, 9.17) is 0 Å². The summed E-state index contributed by atoms with van der Waals surface area (Å²) >= 11 is 0. The molecule has 0 aliphatic carbocycles. The smallest absolute Gasteiger partial charge is 0.314 e. The molecule has 0 saturated carbocycles. The highest BCUT2D eigenvalue weighted by atomic mass is 19.4. The zero-order valence-corrected chi connectivity index (χ0v) is 8.77. The van der Waals surface area contributed by atoms with Gasteiger partial charge in [0.2, 0.25) is 0 Å². The number of rotatable bonds is 3. The lowest BCUT2D eigenvalue weighted by Crippen LogP contribution is -2.20. The maximum absolute atomic E-state index is 12.3. The summed E-state index contributed by atoms with van der Waals surface area (Å²) in [5, 5.41) is 3.24. The molecular formula is C11H16F3N. The van der Waals surface area contributed by atoms with Crippen molar-refractivity contribution in [2.24, 2.45) is 0 Å². The zero-order chi connectivity index (χ0) is 11.3. The van der Waals surface area contributed by atoms with Crippen molar-refractivity contribution in [3.63, 3.8) is 0 Å². The predicted octanol–water partition coefficient (Wildman–Crippen LogP) is 3.19. The molecule has 0 amide bonds. The van der Waals surface area contributed by atoms with Gasteiger partial charge in [0.15, 0.2) is 0 Å². The lowest BCUT2D eigenvalue weighted by atomic mass is 10.1. The fourth-order valence-corrected chi connectivity index (χ4v) is 1.67. The third-order valence-corrected chi connectivity index (χ3v) is 2.52. The topological polar surface area (TPSA) is 12.0 Å². The van der Waals surface area contributed by atoms with Crippen LogP contribution in [0.4, 0.5) is 13.2 Å². The normalized spacial score (nSPS) is 24.0. The van der Waals surface area contributed by atoms with Gasteiger partial charge in [0.1, 0.15) is 0 Å². The van der Waals surface area contributed by atoms with E-state index in [2.05, 4.69) is 5.32 Å². The second-order valence-electron chi connectivity index (χ2n) is 3.67. The molecule has 0 unspecified atom stereocenters. The van der Waals surface area contributed by atoms with E-state index in [1.54, 1.807) is 6.08 Å². The Balaban J connectivity index is 2.41.